The van der Waals surface area contributed by atoms with E-state index in [4.69, 9.17) is 0 Å². The fourth-order valence-corrected chi connectivity index (χ4v) is 4.61. The summed E-state index contributed by atoms with van der Waals surface area (Å²) in [5.74, 6) is -0.192. The number of nitrogens with zero attached hydrogens (tertiary/aromatic N) is 3. The van der Waals surface area contributed by atoms with E-state index < -0.39 is 22.5 Å². The Morgan fingerprint density at radius 1 is 1.26 bits per heavy atom. The van der Waals surface area contributed by atoms with Crippen molar-refractivity contribution in [2.45, 2.75) is 44.7 Å². The summed E-state index contributed by atoms with van der Waals surface area (Å²) in [5.41, 5.74) is 0. The first kappa shape index (κ1) is 18.5. The molecule has 2 heterocycles. The fourth-order valence-electron chi connectivity index (χ4n) is 3.49. The van der Waals surface area contributed by atoms with Crippen LogP contribution in [0.2, 0.25) is 0 Å². The zero-order chi connectivity index (χ0) is 17.2. The quantitative estimate of drug-likeness (QED) is 0.726. The van der Waals surface area contributed by atoms with Crippen LogP contribution in [0.1, 0.15) is 26.2 Å². The Balaban J connectivity index is 2.04. The molecule has 2 saturated heterocycles. The van der Waals surface area contributed by atoms with Gasteiger partial charge in [0.25, 0.3) is 6.43 Å². The number of sulfonamides is 1. The van der Waals surface area contributed by atoms with Crippen molar-refractivity contribution in [1.82, 2.24) is 14.1 Å². The van der Waals surface area contributed by atoms with Gasteiger partial charge in [-0.25, -0.2) is 17.2 Å². The van der Waals surface area contributed by atoms with Crippen LogP contribution in [0.15, 0.2) is 0 Å². The van der Waals surface area contributed by atoms with Crippen molar-refractivity contribution in [2.75, 3.05) is 39.0 Å². The van der Waals surface area contributed by atoms with E-state index in [0.717, 1.165) is 6.26 Å². The van der Waals surface area contributed by atoms with E-state index in [-0.39, 0.29) is 18.5 Å². The molecule has 2 fully saturated rings. The lowest BCUT2D eigenvalue weighted by molar-refractivity contribution is -0.138. The molecule has 0 spiro atoms. The molecule has 134 valence electrons. The summed E-state index contributed by atoms with van der Waals surface area (Å²) in [5, 5.41) is 0. The van der Waals surface area contributed by atoms with Gasteiger partial charge in [0.15, 0.2) is 0 Å². The molecule has 0 aliphatic carbocycles. The fraction of sp³-hybridized carbons (Fsp3) is 0.929. The highest BCUT2D eigenvalue weighted by atomic mass is 32.2. The smallest absolute Gasteiger partial charge is 0.251 e. The van der Waals surface area contributed by atoms with Gasteiger partial charge in [-0.05, 0) is 19.3 Å². The van der Waals surface area contributed by atoms with E-state index in [0.29, 0.717) is 45.4 Å². The van der Waals surface area contributed by atoms with Crippen LogP contribution in [0.4, 0.5) is 8.78 Å². The zero-order valence-electron chi connectivity index (χ0n) is 13.6. The topological polar surface area (TPSA) is 60.9 Å². The molecule has 0 unspecified atom stereocenters. The molecule has 0 bridgehead atoms. The van der Waals surface area contributed by atoms with Crippen molar-refractivity contribution in [3.63, 3.8) is 0 Å². The average Bonchev–Trinajstić information content (AvgIpc) is 2.96. The predicted molar refractivity (Wildman–Crippen MR) is 82.8 cm³/mol. The molecule has 2 atom stereocenters. The van der Waals surface area contributed by atoms with Gasteiger partial charge < -0.3 is 4.90 Å². The normalized spacial score (nSPS) is 27.8. The van der Waals surface area contributed by atoms with Gasteiger partial charge in [-0.3, -0.25) is 9.69 Å². The summed E-state index contributed by atoms with van der Waals surface area (Å²) in [6.45, 7) is 3.17. The molecule has 0 radical (unpaired) electrons. The second kappa shape index (κ2) is 7.40. The van der Waals surface area contributed by atoms with Crippen molar-refractivity contribution >= 4 is 15.9 Å². The number of rotatable bonds is 5. The van der Waals surface area contributed by atoms with Gasteiger partial charge in [0.2, 0.25) is 15.9 Å². The molecular weight excluding hydrogens is 328 g/mol. The van der Waals surface area contributed by atoms with Crippen LogP contribution < -0.4 is 0 Å². The summed E-state index contributed by atoms with van der Waals surface area (Å²) in [7, 11) is -3.40. The van der Waals surface area contributed by atoms with Gasteiger partial charge in [-0.15, -0.1) is 0 Å². The van der Waals surface area contributed by atoms with E-state index in [1.807, 2.05) is 6.92 Å². The Morgan fingerprint density at radius 3 is 2.52 bits per heavy atom. The second-order valence-electron chi connectivity index (χ2n) is 6.26. The summed E-state index contributed by atoms with van der Waals surface area (Å²) in [6, 6.07) is -0.737. The molecule has 2 aliphatic rings. The zero-order valence-corrected chi connectivity index (χ0v) is 14.4. The highest BCUT2D eigenvalue weighted by Gasteiger charge is 2.40. The van der Waals surface area contributed by atoms with Crippen LogP contribution in [0.3, 0.4) is 0 Å². The van der Waals surface area contributed by atoms with E-state index in [1.165, 1.54) is 4.31 Å². The van der Waals surface area contributed by atoms with Gasteiger partial charge in [0, 0.05) is 32.2 Å². The van der Waals surface area contributed by atoms with Gasteiger partial charge in [0.05, 0.1) is 12.8 Å². The average molecular weight is 353 g/mol. The maximum atomic E-state index is 12.7. The lowest BCUT2D eigenvalue weighted by Crippen LogP contribution is -2.58. The molecule has 23 heavy (non-hydrogen) atoms. The molecule has 6 nitrogen and oxygen atoms in total. The molecule has 0 aromatic carbocycles. The first-order valence-electron chi connectivity index (χ1n) is 8.01. The Bertz CT molecular complexity index is 529. The number of piperazine rings is 1. The van der Waals surface area contributed by atoms with Gasteiger partial charge in [-0.2, -0.15) is 4.31 Å². The van der Waals surface area contributed by atoms with E-state index in [2.05, 4.69) is 0 Å². The van der Waals surface area contributed by atoms with Gasteiger partial charge >= 0.3 is 0 Å². The van der Waals surface area contributed by atoms with Crippen LogP contribution in [0.5, 0.6) is 0 Å². The number of hydrogen-bond donors (Lipinski definition) is 0. The Hall–Kier alpha value is -0.800. The lowest BCUT2D eigenvalue weighted by atomic mass is 10.1. The first-order chi connectivity index (χ1) is 10.7. The van der Waals surface area contributed by atoms with E-state index in [1.54, 1.807) is 9.80 Å². The van der Waals surface area contributed by atoms with Crippen LogP contribution in [0, 0.1) is 0 Å². The van der Waals surface area contributed by atoms with E-state index in [9.17, 15) is 22.0 Å². The number of alkyl halides is 2. The van der Waals surface area contributed by atoms with Crippen molar-refractivity contribution in [3.05, 3.63) is 0 Å². The van der Waals surface area contributed by atoms with Crippen LogP contribution in [0.25, 0.3) is 0 Å². The summed E-state index contributed by atoms with van der Waals surface area (Å²) < 4.78 is 50.1. The summed E-state index contributed by atoms with van der Waals surface area (Å²) in [4.78, 5) is 16.1. The number of hydrogen-bond acceptors (Lipinski definition) is 4. The minimum absolute atomic E-state index is 0.102. The van der Waals surface area contributed by atoms with Gasteiger partial charge in [0.1, 0.15) is 6.04 Å². The highest BCUT2D eigenvalue weighted by Crippen LogP contribution is 2.24. The third kappa shape index (κ3) is 4.39. The molecular formula is C14H25F2N3O3S. The third-order valence-electron chi connectivity index (χ3n) is 4.67. The molecule has 9 heteroatoms. The number of amides is 1. The highest BCUT2D eigenvalue weighted by molar-refractivity contribution is 7.88. The van der Waals surface area contributed by atoms with Crippen molar-refractivity contribution < 1.29 is 22.0 Å². The Morgan fingerprint density at radius 2 is 1.96 bits per heavy atom. The maximum Gasteiger partial charge on any atom is 0.251 e. The lowest BCUT2D eigenvalue weighted by Gasteiger charge is -2.42. The summed E-state index contributed by atoms with van der Waals surface area (Å²) >= 11 is 0. The predicted octanol–water partition coefficient (Wildman–Crippen LogP) is 0.598. The Labute approximate surface area is 136 Å². The molecule has 1 amide bonds. The molecule has 2 rings (SSSR count). The van der Waals surface area contributed by atoms with Crippen molar-refractivity contribution in [2.24, 2.45) is 0 Å². The molecule has 0 saturated carbocycles. The second-order valence-corrected chi connectivity index (χ2v) is 8.20. The number of carbonyl (C=O) groups excluding carboxylic acids is 1. The van der Waals surface area contributed by atoms with Crippen molar-refractivity contribution in [1.29, 1.82) is 0 Å². The number of halogens is 2. The third-order valence-corrected chi connectivity index (χ3v) is 5.96. The molecule has 0 aromatic rings. The monoisotopic (exact) mass is 353 g/mol. The van der Waals surface area contributed by atoms with Crippen molar-refractivity contribution in [3.8, 4) is 0 Å². The van der Waals surface area contributed by atoms with Crippen LogP contribution in [-0.2, 0) is 14.8 Å². The Kier molecular flexibility index (Phi) is 5.96. The molecule has 0 aromatic heterocycles. The van der Waals surface area contributed by atoms with E-state index >= 15 is 0 Å². The van der Waals surface area contributed by atoms with Crippen LogP contribution >= 0.6 is 0 Å². The number of carbonyl (C=O) groups is 1. The SMILES string of the molecule is CC[C@@H]1CN(C(=O)[C@@H]2CCCN2S(C)(=O)=O)CCN1CC(F)F. The largest absolute Gasteiger partial charge is 0.338 e. The minimum atomic E-state index is -3.40. The van der Waals surface area contributed by atoms with Crippen LogP contribution in [-0.4, -0.2) is 85.9 Å². The molecule has 2 aliphatic heterocycles. The first-order valence-corrected chi connectivity index (χ1v) is 9.86. The standard InChI is InChI=1S/C14H25F2N3O3S/c1-3-11-9-18(8-7-17(11)10-13(15)16)14(20)12-5-4-6-19(12)23(2,21)22/h11-13H,3-10H2,1-2H3/t11-,12+/m1/s1. The molecule has 0 N–H and O–H groups in total. The van der Waals surface area contributed by atoms with Gasteiger partial charge in [-0.1, -0.05) is 6.92 Å². The summed E-state index contributed by atoms with van der Waals surface area (Å²) in [6.07, 6.45) is 0.610. The minimum Gasteiger partial charge on any atom is -0.338 e. The maximum absolute atomic E-state index is 12.7.